The molecule has 96 valence electrons. The second kappa shape index (κ2) is 4.44. The van der Waals surface area contributed by atoms with Crippen molar-refractivity contribution in [2.75, 3.05) is 6.79 Å². The van der Waals surface area contributed by atoms with Crippen LogP contribution in [0.3, 0.4) is 0 Å². The lowest BCUT2D eigenvalue weighted by molar-refractivity contribution is -0.124. The lowest BCUT2D eigenvalue weighted by Crippen LogP contribution is -2.31. The third kappa shape index (κ3) is 2.15. The molecule has 0 saturated carbocycles. The van der Waals surface area contributed by atoms with Crippen molar-refractivity contribution in [3.05, 3.63) is 17.7 Å². The molecule has 0 fully saturated rings. The topological polar surface area (TPSA) is 108 Å². The summed E-state index contributed by atoms with van der Waals surface area (Å²) in [4.78, 5) is 22.0. The quantitative estimate of drug-likeness (QED) is 0.802. The molecule has 1 aliphatic rings. The van der Waals surface area contributed by atoms with E-state index in [4.69, 9.17) is 25.1 Å². The van der Waals surface area contributed by atoms with Crippen LogP contribution in [-0.4, -0.2) is 29.9 Å². The van der Waals surface area contributed by atoms with Gasteiger partial charge >= 0.3 is 5.97 Å². The molecule has 2 rings (SSSR count). The van der Waals surface area contributed by atoms with Crippen molar-refractivity contribution < 1.29 is 28.9 Å². The molecule has 3 N–H and O–H groups in total. The zero-order chi connectivity index (χ0) is 13.3. The first-order valence-electron chi connectivity index (χ1n) is 5.12. The Balaban J connectivity index is 2.38. The van der Waals surface area contributed by atoms with Gasteiger partial charge in [0, 0.05) is 12.1 Å². The van der Waals surface area contributed by atoms with Crippen LogP contribution in [0.5, 0.6) is 17.2 Å². The number of hydrogen-bond acceptors (Lipinski definition) is 5. The summed E-state index contributed by atoms with van der Waals surface area (Å²) in [6.07, 6.45) is -0.941. The van der Waals surface area contributed by atoms with Gasteiger partial charge in [-0.25, -0.2) is 4.79 Å². The second-order valence-corrected chi connectivity index (χ2v) is 3.67. The number of carbonyl (C=O) groups excluding carboxylic acids is 1. The van der Waals surface area contributed by atoms with E-state index in [0.29, 0.717) is 11.5 Å². The van der Waals surface area contributed by atoms with E-state index >= 15 is 0 Å². The van der Waals surface area contributed by atoms with Gasteiger partial charge in [-0.15, -0.1) is 0 Å². The number of carboxylic acids is 1. The minimum Gasteiger partial charge on any atom is -0.480 e. The van der Waals surface area contributed by atoms with Crippen molar-refractivity contribution >= 4 is 11.9 Å². The number of carbonyl (C=O) groups is 2. The van der Waals surface area contributed by atoms with E-state index in [1.807, 2.05) is 0 Å². The summed E-state index contributed by atoms with van der Waals surface area (Å²) in [5.74, 6) is -1.18. The number of rotatable bonds is 4. The van der Waals surface area contributed by atoms with Gasteiger partial charge in [0.2, 0.25) is 6.79 Å². The van der Waals surface area contributed by atoms with E-state index in [1.165, 1.54) is 19.1 Å². The molecular formula is C11H11NO6. The summed E-state index contributed by atoms with van der Waals surface area (Å²) >= 11 is 0. The van der Waals surface area contributed by atoms with Crippen molar-refractivity contribution in [3.8, 4) is 17.2 Å². The number of carboxylic acid groups (broad SMARTS) is 1. The van der Waals surface area contributed by atoms with E-state index in [2.05, 4.69) is 0 Å². The molecule has 7 nitrogen and oxygen atoms in total. The molecule has 0 spiro atoms. The average Bonchev–Trinajstić information content (AvgIpc) is 2.74. The van der Waals surface area contributed by atoms with Crippen LogP contribution in [0.1, 0.15) is 17.3 Å². The Bertz CT molecular complexity index is 513. The van der Waals surface area contributed by atoms with Crippen LogP contribution in [0.25, 0.3) is 0 Å². The highest BCUT2D eigenvalue weighted by molar-refractivity contribution is 5.92. The van der Waals surface area contributed by atoms with Gasteiger partial charge in [-0.05, 0) is 6.92 Å². The Labute approximate surface area is 102 Å². The lowest BCUT2D eigenvalue weighted by atomic mass is 10.1. The maximum atomic E-state index is 11.1. The fourth-order valence-electron chi connectivity index (χ4n) is 1.44. The van der Waals surface area contributed by atoms with Crippen molar-refractivity contribution in [1.82, 2.24) is 0 Å². The van der Waals surface area contributed by atoms with Crippen LogP contribution < -0.4 is 19.9 Å². The van der Waals surface area contributed by atoms with Gasteiger partial charge in [0.05, 0.1) is 0 Å². The second-order valence-electron chi connectivity index (χ2n) is 3.67. The van der Waals surface area contributed by atoms with Crippen molar-refractivity contribution in [1.29, 1.82) is 0 Å². The van der Waals surface area contributed by atoms with Gasteiger partial charge in [-0.3, -0.25) is 4.79 Å². The van der Waals surface area contributed by atoms with Crippen LogP contribution >= 0.6 is 0 Å². The predicted octanol–water partition coefficient (Wildman–Crippen LogP) is 0.366. The zero-order valence-electron chi connectivity index (χ0n) is 9.50. The number of benzene rings is 1. The number of amides is 1. The molecule has 18 heavy (non-hydrogen) atoms. The lowest BCUT2D eigenvalue weighted by Gasteiger charge is -2.13. The van der Waals surface area contributed by atoms with Crippen LogP contribution in [0.4, 0.5) is 0 Å². The number of primary amides is 1. The number of hydrogen-bond donors (Lipinski definition) is 2. The minimum atomic E-state index is -1.19. The third-order valence-corrected chi connectivity index (χ3v) is 2.41. The van der Waals surface area contributed by atoms with Crippen LogP contribution in [-0.2, 0) is 4.79 Å². The van der Waals surface area contributed by atoms with Gasteiger partial charge in [0.15, 0.2) is 17.6 Å². The first-order chi connectivity index (χ1) is 8.49. The van der Waals surface area contributed by atoms with Crippen molar-refractivity contribution in [3.63, 3.8) is 0 Å². The summed E-state index contributed by atoms with van der Waals surface area (Å²) < 4.78 is 15.4. The maximum absolute atomic E-state index is 11.1. The molecule has 7 heteroatoms. The molecule has 1 aromatic rings. The molecule has 1 unspecified atom stereocenters. The molecule has 1 aromatic carbocycles. The first kappa shape index (κ1) is 12.0. The van der Waals surface area contributed by atoms with Crippen molar-refractivity contribution in [2.24, 2.45) is 5.73 Å². The van der Waals surface area contributed by atoms with E-state index < -0.39 is 18.0 Å². The van der Waals surface area contributed by atoms with Crippen LogP contribution in [0.15, 0.2) is 12.1 Å². The molecule has 1 heterocycles. The first-order valence-corrected chi connectivity index (χ1v) is 5.12. The monoisotopic (exact) mass is 253 g/mol. The SMILES string of the molecule is CC(Oc1cc2c(cc1C(=O)O)OCO2)C(N)=O. The molecule has 0 saturated heterocycles. The van der Waals surface area contributed by atoms with E-state index in [1.54, 1.807) is 0 Å². The molecular weight excluding hydrogens is 242 g/mol. The number of ether oxygens (including phenoxy) is 3. The van der Waals surface area contributed by atoms with Crippen LogP contribution in [0.2, 0.25) is 0 Å². The smallest absolute Gasteiger partial charge is 0.339 e. The fraction of sp³-hybridized carbons (Fsp3) is 0.273. The molecule has 0 aromatic heterocycles. The van der Waals surface area contributed by atoms with Gasteiger partial charge in [0.1, 0.15) is 11.3 Å². The summed E-state index contributed by atoms with van der Waals surface area (Å²) in [5.41, 5.74) is 4.94. The Morgan fingerprint density at radius 1 is 1.39 bits per heavy atom. The molecule has 1 aliphatic heterocycles. The summed E-state index contributed by atoms with van der Waals surface area (Å²) in [6.45, 7) is 1.45. The summed E-state index contributed by atoms with van der Waals surface area (Å²) in [6, 6.07) is 2.65. The summed E-state index contributed by atoms with van der Waals surface area (Å²) in [7, 11) is 0. The number of fused-ring (bicyclic) bond motifs is 1. The highest BCUT2D eigenvalue weighted by Gasteiger charge is 2.23. The molecule has 0 bridgehead atoms. The Morgan fingerprint density at radius 3 is 2.56 bits per heavy atom. The van der Waals surface area contributed by atoms with E-state index in [9.17, 15) is 9.59 Å². The van der Waals surface area contributed by atoms with Gasteiger partial charge < -0.3 is 25.1 Å². The highest BCUT2D eigenvalue weighted by atomic mass is 16.7. The summed E-state index contributed by atoms with van der Waals surface area (Å²) in [5, 5.41) is 9.06. The van der Waals surface area contributed by atoms with Gasteiger partial charge in [0.25, 0.3) is 5.91 Å². The fourth-order valence-corrected chi connectivity index (χ4v) is 1.44. The van der Waals surface area contributed by atoms with E-state index in [0.717, 1.165) is 0 Å². The zero-order valence-corrected chi connectivity index (χ0v) is 9.50. The Kier molecular flexibility index (Phi) is 2.97. The van der Waals surface area contributed by atoms with E-state index in [-0.39, 0.29) is 18.1 Å². The Morgan fingerprint density at radius 2 is 2.00 bits per heavy atom. The van der Waals surface area contributed by atoms with Crippen molar-refractivity contribution in [2.45, 2.75) is 13.0 Å². The third-order valence-electron chi connectivity index (χ3n) is 2.41. The van der Waals surface area contributed by atoms with Gasteiger partial charge in [-0.2, -0.15) is 0 Å². The van der Waals surface area contributed by atoms with Gasteiger partial charge in [-0.1, -0.05) is 0 Å². The number of aromatic carboxylic acids is 1. The largest absolute Gasteiger partial charge is 0.480 e. The molecule has 0 radical (unpaired) electrons. The maximum Gasteiger partial charge on any atom is 0.339 e. The molecule has 1 amide bonds. The normalized spacial score (nSPS) is 14.1. The predicted molar refractivity (Wildman–Crippen MR) is 58.8 cm³/mol. The Hall–Kier alpha value is -2.44. The standard InChI is InChI=1S/C11H11NO6/c1-5(10(12)13)18-7-3-9-8(16-4-17-9)2-6(7)11(14)15/h2-3,5H,4H2,1H3,(H2,12,13)(H,14,15). The number of nitrogens with two attached hydrogens (primary N) is 1. The van der Waals surface area contributed by atoms with Crippen LogP contribution in [0, 0.1) is 0 Å². The molecule has 1 atom stereocenters. The minimum absolute atomic E-state index is 0.0121. The highest BCUT2D eigenvalue weighted by Crippen LogP contribution is 2.38. The molecule has 0 aliphatic carbocycles. The average molecular weight is 253 g/mol.